The van der Waals surface area contributed by atoms with E-state index < -0.39 is 11.9 Å². The first-order chi connectivity index (χ1) is 12.3. The normalized spacial score (nSPS) is 20.1. The van der Waals surface area contributed by atoms with Gasteiger partial charge in [0.1, 0.15) is 11.5 Å². The molecule has 2 atom stereocenters. The van der Waals surface area contributed by atoms with E-state index in [0.29, 0.717) is 42.6 Å². The molecule has 0 saturated carbocycles. The van der Waals surface area contributed by atoms with Gasteiger partial charge in [0.2, 0.25) is 0 Å². The van der Waals surface area contributed by atoms with Gasteiger partial charge in [-0.05, 0) is 36.8 Å². The lowest BCUT2D eigenvalue weighted by atomic mass is 9.90. The van der Waals surface area contributed by atoms with E-state index in [1.165, 1.54) is 0 Å². The standard InChI is InChI=1S/C20H29NO5/c1-13(2)7-8-26-18-10-16(25-4)5-6-17(18)19(22)21-11-14(3)9-15(12-21)20(23)24/h5-6,10,13-15H,7-9,11-12H2,1-4H3,(H,23,24). The number of carbonyl (C=O) groups excluding carboxylic acids is 1. The van der Waals surface area contributed by atoms with Crippen LogP contribution in [0.1, 0.15) is 44.0 Å². The van der Waals surface area contributed by atoms with Crippen LogP contribution in [0.25, 0.3) is 0 Å². The summed E-state index contributed by atoms with van der Waals surface area (Å²) in [6.07, 6.45) is 1.48. The number of hydrogen-bond acceptors (Lipinski definition) is 4. The molecule has 0 radical (unpaired) electrons. The maximum Gasteiger partial charge on any atom is 0.308 e. The monoisotopic (exact) mass is 363 g/mol. The van der Waals surface area contributed by atoms with Crippen molar-refractivity contribution < 1.29 is 24.2 Å². The van der Waals surface area contributed by atoms with Gasteiger partial charge in [-0.15, -0.1) is 0 Å². The Kier molecular flexibility index (Phi) is 6.89. The van der Waals surface area contributed by atoms with Crippen molar-refractivity contribution in [3.63, 3.8) is 0 Å². The third-order valence-corrected chi connectivity index (χ3v) is 4.67. The van der Waals surface area contributed by atoms with Crippen molar-refractivity contribution >= 4 is 11.9 Å². The van der Waals surface area contributed by atoms with Crippen LogP contribution in [0.4, 0.5) is 0 Å². The molecule has 1 N–H and O–H groups in total. The topological polar surface area (TPSA) is 76.1 Å². The molecule has 26 heavy (non-hydrogen) atoms. The Labute approximate surface area is 155 Å². The van der Waals surface area contributed by atoms with Crippen molar-refractivity contribution in [2.24, 2.45) is 17.8 Å². The highest BCUT2D eigenvalue weighted by Crippen LogP contribution is 2.29. The van der Waals surface area contributed by atoms with Crippen molar-refractivity contribution in [2.75, 3.05) is 26.8 Å². The number of carboxylic acid groups (broad SMARTS) is 1. The molecule has 6 heteroatoms. The average molecular weight is 363 g/mol. The first-order valence-electron chi connectivity index (χ1n) is 9.14. The summed E-state index contributed by atoms with van der Waals surface area (Å²) in [6, 6.07) is 5.14. The highest BCUT2D eigenvalue weighted by Gasteiger charge is 2.33. The predicted molar refractivity (Wildman–Crippen MR) is 98.8 cm³/mol. The number of aliphatic carboxylic acids is 1. The van der Waals surface area contributed by atoms with E-state index >= 15 is 0 Å². The van der Waals surface area contributed by atoms with E-state index in [0.717, 1.165) is 6.42 Å². The summed E-state index contributed by atoms with van der Waals surface area (Å²) in [5.41, 5.74) is 0.452. The van der Waals surface area contributed by atoms with Gasteiger partial charge in [0.15, 0.2) is 0 Å². The predicted octanol–water partition coefficient (Wildman–Crippen LogP) is 3.30. The largest absolute Gasteiger partial charge is 0.497 e. The average Bonchev–Trinajstić information content (AvgIpc) is 2.60. The molecule has 1 aromatic carbocycles. The van der Waals surface area contributed by atoms with Gasteiger partial charge in [-0.3, -0.25) is 9.59 Å². The van der Waals surface area contributed by atoms with Crippen molar-refractivity contribution in [2.45, 2.75) is 33.6 Å². The van der Waals surface area contributed by atoms with Crippen molar-refractivity contribution in [3.05, 3.63) is 23.8 Å². The molecule has 1 aliphatic rings. The summed E-state index contributed by atoms with van der Waals surface area (Å²) in [4.78, 5) is 26.1. The number of piperidine rings is 1. The highest BCUT2D eigenvalue weighted by molar-refractivity contribution is 5.97. The minimum Gasteiger partial charge on any atom is -0.497 e. The van der Waals surface area contributed by atoms with Crippen molar-refractivity contribution in [1.29, 1.82) is 0 Å². The smallest absolute Gasteiger partial charge is 0.308 e. The highest BCUT2D eigenvalue weighted by atomic mass is 16.5. The number of rotatable bonds is 7. The Balaban J connectivity index is 2.21. The first kappa shape index (κ1) is 20.1. The van der Waals surface area contributed by atoms with Gasteiger partial charge >= 0.3 is 5.97 Å². The molecule has 6 nitrogen and oxygen atoms in total. The Bertz CT molecular complexity index is 643. The summed E-state index contributed by atoms with van der Waals surface area (Å²) >= 11 is 0. The zero-order valence-corrected chi connectivity index (χ0v) is 16.0. The number of nitrogens with zero attached hydrogens (tertiary/aromatic N) is 1. The van der Waals surface area contributed by atoms with Crippen LogP contribution in [0.5, 0.6) is 11.5 Å². The molecular formula is C20H29NO5. The number of methoxy groups -OCH3 is 1. The van der Waals surface area contributed by atoms with Crippen molar-refractivity contribution in [3.8, 4) is 11.5 Å². The van der Waals surface area contributed by atoms with E-state index in [1.807, 2.05) is 6.92 Å². The van der Waals surface area contributed by atoms with Crippen LogP contribution in [-0.4, -0.2) is 48.7 Å². The van der Waals surface area contributed by atoms with Gasteiger partial charge < -0.3 is 19.5 Å². The van der Waals surface area contributed by atoms with Gasteiger partial charge in [0.25, 0.3) is 5.91 Å². The van der Waals surface area contributed by atoms with Gasteiger partial charge in [0.05, 0.1) is 25.2 Å². The number of benzene rings is 1. The van der Waals surface area contributed by atoms with Crippen LogP contribution in [0.15, 0.2) is 18.2 Å². The SMILES string of the molecule is COc1ccc(C(=O)N2CC(C)CC(C(=O)O)C2)c(OCCC(C)C)c1. The molecule has 1 aromatic rings. The summed E-state index contributed by atoms with van der Waals surface area (Å²) in [5, 5.41) is 9.34. The lowest BCUT2D eigenvalue weighted by Crippen LogP contribution is -2.45. The van der Waals surface area contributed by atoms with Crippen LogP contribution in [0.2, 0.25) is 0 Å². The lowest BCUT2D eigenvalue weighted by Gasteiger charge is -2.35. The third-order valence-electron chi connectivity index (χ3n) is 4.67. The van der Waals surface area contributed by atoms with E-state index in [1.54, 1.807) is 30.2 Å². The number of hydrogen-bond donors (Lipinski definition) is 1. The summed E-state index contributed by atoms with van der Waals surface area (Å²) in [7, 11) is 1.57. The molecule has 1 heterocycles. The fourth-order valence-corrected chi connectivity index (χ4v) is 3.20. The fraction of sp³-hybridized carbons (Fsp3) is 0.600. The minimum atomic E-state index is -0.850. The lowest BCUT2D eigenvalue weighted by molar-refractivity contribution is -0.143. The Morgan fingerprint density at radius 2 is 2.04 bits per heavy atom. The van der Waals surface area contributed by atoms with Crippen LogP contribution in [0, 0.1) is 17.8 Å². The Hall–Kier alpha value is -2.24. The molecule has 0 spiro atoms. The number of likely N-dealkylation sites (tertiary alicyclic amines) is 1. The van der Waals surface area contributed by atoms with E-state index in [4.69, 9.17) is 9.47 Å². The molecule has 1 saturated heterocycles. The quantitative estimate of drug-likeness (QED) is 0.804. The van der Waals surface area contributed by atoms with Crippen molar-refractivity contribution in [1.82, 2.24) is 4.90 Å². The molecule has 0 aliphatic carbocycles. The van der Waals surface area contributed by atoms with Crippen LogP contribution >= 0.6 is 0 Å². The molecule has 1 amide bonds. The second kappa shape index (κ2) is 8.92. The summed E-state index contributed by atoms with van der Waals surface area (Å²) < 4.78 is 11.1. The van der Waals surface area contributed by atoms with Crippen LogP contribution in [-0.2, 0) is 4.79 Å². The van der Waals surface area contributed by atoms with Gasteiger partial charge in [-0.2, -0.15) is 0 Å². The molecule has 144 valence electrons. The van der Waals surface area contributed by atoms with Gasteiger partial charge in [-0.1, -0.05) is 20.8 Å². The fourth-order valence-electron chi connectivity index (χ4n) is 3.20. The molecule has 1 fully saturated rings. The molecule has 2 unspecified atom stereocenters. The minimum absolute atomic E-state index is 0.150. The maximum absolute atomic E-state index is 13.0. The van der Waals surface area contributed by atoms with Crippen LogP contribution < -0.4 is 9.47 Å². The van der Waals surface area contributed by atoms with E-state index in [9.17, 15) is 14.7 Å². The number of carboxylic acids is 1. The molecule has 2 rings (SSSR count). The molecule has 0 aromatic heterocycles. The van der Waals surface area contributed by atoms with E-state index in [-0.39, 0.29) is 18.4 Å². The molecule has 1 aliphatic heterocycles. The van der Waals surface area contributed by atoms with Gasteiger partial charge in [0, 0.05) is 19.2 Å². The van der Waals surface area contributed by atoms with Gasteiger partial charge in [-0.25, -0.2) is 0 Å². The summed E-state index contributed by atoms with van der Waals surface area (Å²) in [5.74, 6) is 0.196. The first-order valence-corrected chi connectivity index (χ1v) is 9.14. The zero-order chi connectivity index (χ0) is 19.3. The third kappa shape index (κ3) is 5.13. The molecular weight excluding hydrogens is 334 g/mol. The second-order valence-electron chi connectivity index (χ2n) is 7.48. The second-order valence-corrected chi connectivity index (χ2v) is 7.48. The summed E-state index contributed by atoms with van der Waals surface area (Å²) in [6.45, 7) is 7.50. The van der Waals surface area contributed by atoms with Crippen LogP contribution in [0.3, 0.4) is 0 Å². The Morgan fingerprint density at radius 1 is 1.31 bits per heavy atom. The Morgan fingerprint density at radius 3 is 2.65 bits per heavy atom. The number of carbonyl (C=O) groups is 2. The number of amides is 1. The maximum atomic E-state index is 13.0. The van der Waals surface area contributed by atoms with E-state index in [2.05, 4.69) is 13.8 Å². The molecule has 0 bridgehead atoms. The zero-order valence-electron chi connectivity index (χ0n) is 16.0. The number of ether oxygens (including phenoxy) is 2.